The van der Waals surface area contributed by atoms with E-state index in [0.29, 0.717) is 28.4 Å². The molecule has 1 aliphatic carbocycles. The zero-order valence-electron chi connectivity index (χ0n) is 17.1. The molecular weight excluding hydrogens is 510 g/mol. The van der Waals surface area contributed by atoms with Crippen LogP contribution in [0.4, 0.5) is 5.82 Å². The summed E-state index contributed by atoms with van der Waals surface area (Å²) in [5, 5.41) is 24.0. The first-order valence-corrected chi connectivity index (χ1v) is 11.6. The Bertz CT molecular complexity index is 1440. The standard InChI is InChI=1S/C23H19BrClN5O3/c24-15-7-12-2-1-11(8-16(12)29-19(15)25)13-3-5-23(9-13)18(32)17(31)22(33-23)30-6-4-14-20(26)27-10-28-21(14)30/h1-8,10,13,17-18,22,31-32H,9H2,(H2,26,27,28). The molecule has 33 heavy (non-hydrogen) atoms. The second-order valence-electron chi connectivity index (χ2n) is 8.50. The minimum absolute atomic E-state index is 0.0152. The molecule has 1 saturated heterocycles. The van der Waals surface area contributed by atoms with Crippen molar-refractivity contribution in [3.63, 3.8) is 0 Å². The highest BCUT2D eigenvalue weighted by atomic mass is 79.9. The normalized spacial score (nSPS) is 29.1. The van der Waals surface area contributed by atoms with Gasteiger partial charge in [0, 0.05) is 17.5 Å². The van der Waals surface area contributed by atoms with Gasteiger partial charge in [0.25, 0.3) is 0 Å². The summed E-state index contributed by atoms with van der Waals surface area (Å²) in [6, 6.07) is 9.74. The van der Waals surface area contributed by atoms with Crippen LogP contribution in [0.3, 0.4) is 0 Å². The van der Waals surface area contributed by atoms with Gasteiger partial charge in [0.15, 0.2) is 6.23 Å². The molecule has 4 aromatic rings. The third-order valence-electron chi connectivity index (χ3n) is 6.60. The van der Waals surface area contributed by atoms with Crippen LogP contribution in [0.5, 0.6) is 0 Å². The summed E-state index contributed by atoms with van der Waals surface area (Å²) in [7, 11) is 0. The van der Waals surface area contributed by atoms with Crippen LogP contribution < -0.4 is 5.73 Å². The summed E-state index contributed by atoms with van der Waals surface area (Å²) in [4.78, 5) is 12.7. The summed E-state index contributed by atoms with van der Waals surface area (Å²) in [5.74, 6) is 0.331. The predicted octanol–water partition coefficient (Wildman–Crippen LogP) is 3.71. The fourth-order valence-corrected chi connectivity index (χ4v) is 5.37. The second kappa shape index (κ2) is 7.48. The molecule has 1 aromatic carbocycles. The van der Waals surface area contributed by atoms with Crippen LogP contribution in [0.2, 0.25) is 5.15 Å². The van der Waals surface area contributed by atoms with Crippen molar-refractivity contribution in [3.8, 4) is 0 Å². The summed E-state index contributed by atoms with van der Waals surface area (Å²) in [6.45, 7) is 0. The maximum absolute atomic E-state index is 11.0. The number of hydrogen-bond donors (Lipinski definition) is 3. The van der Waals surface area contributed by atoms with Gasteiger partial charge in [0.1, 0.15) is 40.8 Å². The zero-order valence-corrected chi connectivity index (χ0v) is 19.5. The highest BCUT2D eigenvalue weighted by Crippen LogP contribution is 2.48. The van der Waals surface area contributed by atoms with E-state index in [9.17, 15) is 10.2 Å². The first kappa shape index (κ1) is 21.0. The quantitative estimate of drug-likeness (QED) is 0.268. The molecule has 10 heteroatoms. The van der Waals surface area contributed by atoms with Crippen molar-refractivity contribution in [2.75, 3.05) is 5.73 Å². The second-order valence-corrected chi connectivity index (χ2v) is 9.71. The molecule has 1 spiro atoms. The Morgan fingerprint density at radius 1 is 1.21 bits per heavy atom. The number of ether oxygens (including phenoxy) is 1. The van der Waals surface area contributed by atoms with E-state index in [1.807, 2.05) is 36.4 Å². The Balaban J connectivity index is 1.31. The van der Waals surface area contributed by atoms with Gasteiger partial charge in [-0.3, -0.25) is 0 Å². The molecule has 0 amide bonds. The molecule has 3 aromatic heterocycles. The molecule has 4 heterocycles. The van der Waals surface area contributed by atoms with E-state index in [4.69, 9.17) is 22.1 Å². The number of allylic oxidation sites excluding steroid dienone is 1. The van der Waals surface area contributed by atoms with Crippen LogP contribution in [-0.2, 0) is 4.74 Å². The van der Waals surface area contributed by atoms with E-state index < -0.39 is 24.0 Å². The SMILES string of the molecule is Nc1ncnc2c1ccn2C1OC2(C=CC(c3ccc4cc(Br)c(Cl)nc4c3)C2)C(O)C1O. The van der Waals surface area contributed by atoms with Crippen molar-refractivity contribution in [1.82, 2.24) is 19.5 Å². The number of hydrogen-bond acceptors (Lipinski definition) is 7. The average molecular weight is 529 g/mol. The van der Waals surface area contributed by atoms with Crippen LogP contribution in [0.25, 0.3) is 21.9 Å². The number of aliphatic hydroxyl groups excluding tert-OH is 2. The fourth-order valence-electron chi connectivity index (χ4n) is 4.89. The Kier molecular flexibility index (Phi) is 4.76. The van der Waals surface area contributed by atoms with Gasteiger partial charge < -0.3 is 25.3 Å². The van der Waals surface area contributed by atoms with Gasteiger partial charge in [-0.1, -0.05) is 35.9 Å². The van der Waals surface area contributed by atoms with Crippen LogP contribution in [0.1, 0.15) is 24.1 Å². The lowest BCUT2D eigenvalue weighted by Crippen LogP contribution is -2.40. The highest BCUT2D eigenvalue weighted by Gasteiger charge is 2.56. The fraction of sp³-hybridized carbons (Fsp3) is 0.261. The maximum atomic E-state index is 11.0. The van der Waals surface area contributed by atoms with E-state index >= 15 is 0 Å². The lowest BCUT2D eigenvalue weighted by atomic mass is 9.88. The van der Waals surface area contributed by atoms with Crippen LogP contribution in [0.15, 0.2) is 59.5 Å². The van der Waals surface area contributed by atoms with E-state index in [-0.39, 0.29) is 5.92 Å². The van der Waals surface area contributed by atoms with Crippen molar-refractivity contribution in [2.24, 2.45) is 0 Å². The molecule has 168 valence electrons. The Hall–Kier alpha value is -2.56. The van der Waals surface area contributed by atoms with Gasteiger partial charge in [-0.2, -0.15) is 0 Å². The lowest BCUT2D eigenvalue weighted by Gasteiger charge is -2.27. The van der Waals surface area contributed by atoms with Crippen LogP contribution in [0, 0.1) is 0 Å². The zero-order chi connectivity index (χ0) is 22.9. The number of aromatic nitrogens is 4. The highest BCUT2D eigenvalue weighted by molar-refractivity contribution is 9.10. The number of rotatable bonds is 2. The number of benzene rings is 1. The van der Waals surface area contributed by atoms with E-state index in [2.05, 4.69) is 30.9 Å². The third kappa shape index (κ3) is 3.18. The van der Waals surface area contributed by atoms with Crippen LogP contribution >= 0.6 is 27.5 Å². The van der Waals surface area contributed by atoms with Gasteiger partial charge in [-0.05, 0) is 46.1 Å². The summed E-state index contributed by atoms with van der Waals surface area (Å²) >= 11 is 9.58. The van der Waals surface area contributed by atoms with Gasteiger partial charge in [0.05, 0.1) is 15.4 Å². The molecule has 5 atom stereocenters. The number of aliphatic hydroxyl groups is 2. The number of nitrogens with two attached hydrogens (primary N) is 1. The number of nitrogens with zero attached hydrogens (tertiary/aromatic N) is 4. The maximum Gasteiger partial charge on any atom is 0.165 e. The lowest BCUT2D eigenvalue weighted by molar-refractivity contribution is -0.0741. The Morgan fingerprint density at radius 2 is 2.06 bits per heavy atom. The summed E-state index contributed by atoms with van der Waals surface area (Å²) in [6.07, 6.45) is 4.38. The van der Waals surface area contributed by atoms with Gasteiger partial charge in [-0.15, -0.1) is 0 Å². The van der Waals surface area contributed by atoms with Gasteiger partial charge in [0.2, 0.25) is 0 Å². The number of fused-ring (bicyclic) bond motifs is 2. The number of pyridine rings is 1. The third-order valence-corrected chi connectivity index (χ3v) is 7.72. The Morgan fingerprint density at radius 3 is 2.91 bits per heavy atom. The molecule has 1 aliphatic heterocycles. The number of nitrogen functional groups attached to an aromatic ring is 1. The molecule has 6 rings (SSSR count). The van der Waals surface area contributed by atoms with Crippen molar-refractivity contribution in [3.05, 3.63) is 70.2 Å². The largest absolute Gasteiger partial charge is 0.387 e. The van der Waals surface area contributed by atoms with E-state index in [1.54, 1.807) is 16.8 Å². The van der Waals surface area contributed by atoms with Crippen molar-refractivity contribution in [1.29, 1.82) is 0 Å². The molecule has 2 aliphatic rings. The minimum Gasteiger partial charge on any atom is -0.387 e. The molecule has 4 N–H and O–H groups in total. The molecular formula is C23H19BrClN5O3. The number of anilines is 1. The molecule has 8 nitrogen and oxygen atoms in total. The van der Waals surface area contributed by atoms with E-state index in [1.165, 1.54) is 6.33 Å². The van der Waals surface area contributed by atoms with Gasteiger partial charge in [-0.25, -0.2) is 15.0 Å². The molecule has 5 unspecified atom stereocenters. The van der Waals surface area contributed by atoms with Gasteiger partial charge >= 0.3 is 0 Å². The predicted molar refractivity (Wildman–Crippen MR) is 128 cm³/mol. The topological polar surface area (TPSA) is 119 Å². The van der Waals surface area contributed by atoms with Crippen molar-refractivity contribution < 1.29 is 14.9 Å². The smallest absolute Gasteiger partial charge is 0.165 e. The van der Waals surface area contributed by atoms with Crippen LogP contribution in [-0.4, -0.2) is 47.5 Å². The van der Waals surface area contributed by atoms with Crippen molar-refractivity contribution in [2.45, 2.75) is 36.4 Å². The first-order valence-electron chi connectivity index (χ1n) is 10.4. The summed E-state index contributed by atoms with van der Waals surface area (Å²) < 4.78 is 8.77. The molecule has 0 bridgehead atoms. The first-order chi connectivity index (χ1) is 15.9. The summed E-state index contributed by atoms with van der Waals surface area (Å²) in [5.41, 5.74) is 7.28. The average Bonchev–Trinajstić information content (AvgIpc) is 3.48. The van der Waals surface area contributed by atoms with Crippen molar-refractivity contribution >= 4 is 55.3 Å². The molecule has 0 saturated carbocycles. The minimum atomic E-state index is -1.14. The Labute approximate surface area is 201 Å². The molecule has 1 fully saturated rings. The monoisotopic (exact) mass is 527 g/mol. The number of halogens is 2. The molecule has 0 radical (unpaired) electrons. The van der Waals surface area contributed by atoms with E-state index in [0.717, 1.165) is 20.9 Å².